The predicted octanol–water partition coefficient (Wildman–Crippen LogP) is -4.33. The molecule has 0 bridgehead atoms. The van der Waals surface area contributed by atoms with Gasteiger partial charge in [-0.1, -0.05) is 0 Å². The summed E-state index contributed by atoms with van der Waals surface area (Å²) in [5, 5.41) is 0. The third-order valence-corrected chi connectivity index (χ3v) is 0. The smallest absolute Gasteiger partial charge is 3.00 e. The predicted molar refractivity (Wildman–Crippen MR) is 11.5 cm³/mol. The maximum Gasteiger partial charge on any atom is 3.00 e. The summed E-state index contributed by atoms with van der Waals surface area (Å²) in [7, 11) is 0. The molecule has 5 heavy (non-hydrogen) atoms. The molecule has 0 unspecified atom stereocenters. The van der Waals surface area contributed by atoms with Gasteiger partial charge in [0.05, 0.1) is 0 Å². The normalized spacial score (nSPS) is 7.20. The molecule has 27 valence electrons. The number of rotatable bonds is 0. The molecule has 1 radical (unpaired) electrons. The van der Waals surface area contributed by atoms with Crippen molar-refractivity contribution in [2.75, 3.05) is 0 Å². The molecular weight excluding hydrogens is 330 g/mol. The van der Waals surface area contributed by atoms with Gasteiger partial charge in [-0.2, -0.15) is 0 Å². The number of hydrogen-bond acceptors (Lipinski definition) is 3. The van der Waals surface area contributed by atoms with Crippen molar-refractivity contribution in [2.24, 2.45) is 0 Å². The SMILES string of the molecule is [O-][As]([O-])[O-].[Pb+3]. The van der Waals surface area contributed by atoms with E-state index in [9.17, 15) is 0 Å². The molecule has 0 heterocycles. The maximum absolute atomic E-state index is 8.56. The summed E-state index contributed by atoms with van der Waals surface area (Å²) >= 11 is -3.94. The van der Waals surface area contributed by atoms with Crippen molar-refractivity contribution in [1.82, 2.24) is 0 Å². The first kappa shape index (κ1) is 9.61. The first-order valence-electron chi connectivity index (χ1n) is 0.548. The Hall–Kier alpha value is 1.36. The van der Waals surface area contributed by atoms with Gasteiger partial charge in [0.15, 0.2) is 0 Å². The van der Waals surface area contributed by atoms with Gasteiger partial charge >= 0.3 is 55.3 Å². The van der Waals surface area contributed by atoms with Crippen LogP contribution in [0.1, 0.15) is 0 Å². The van der Waals surface area contributed by atoms with E-state index in [1.54, 1.807) is 0 Å². The van der Waals surface area contributed by atoms with Crippen LogP contribution in [-0.4, -0.2) is 43.0 Å². The van der Waals surface area contributed by atoms with Gasteiger partial charge in [0.25, 0.3) is 0 Å². The van der Waals surface area contributed by atoms with Crippen molar-refractivity contribution in [3.63, 3.8) is 0 Å². The van der Waals surface area contributed by atoms with Gasteiger partial charge in [0, 0.05) is 0 Å². The zero-order valence-electron chi connectivity index (χ0n) is 2.17. The van der Waals surface area contributed by atoms with Crippen LogP contribution in [0.5, 0.6) is 0 Å². The summed E-state index contributed by atoms with van der Waals surface area (Å²) in [6.07, 6.45) is 0. The van der Waals surface area contributed by atoms with Crippen molar-refractivity contribution >= 4 is 43.0 Å². The fourth-order valence-electron chi connectivity index (χ4n) is 0. The van der Waals surface area contributed by atoms with Crippen LogP contribution >= 0.6 is 0 Å². The molecule has 0 amide bonds. The molecule has 0 spiro atoms. The Morgan fingerprint density at radius 1 is 1.00 bits per heavy atom. The van der Waals surface area contributed by atoms with Crippen LogP contribution in [0.3, 0.4) is 0 Å². The summed E-state index contributed by atoms with van der Waals surface area (Å²) in [5.41, 5.74) is 0. The number of hydrogen-bond donors (Lipinski definition) is 0. The van der Waals surface area contributed by atoms with Crippen molar-refractivity contribution in [3.8, 4) is 0 Å². The van der Waals surface area contributed by atoms with Gasteiger partial charge in [0.2, 0.25) is 0 Å². The van der Waals surface area contributed by atoms with Gasteiger partial charge in [-0.25, -0.2) is 0 Å². The molecule has 0 aromatic rings. The third-order valence-electron chi connectivity index (χ3n) is 0. The molecule has 0 fully saturated rings. The largest absolute Gasteiger partial charge is 3.00 e. The monoisotopic (exact) mass is 331 g/mol. The fourth-order valence-corrected chi connectivity index (χ4v) is 0. The first-order valence-corrected chi connectivity index (χ1v) is 2.85. The van der Waals surface area contributed by atoms with Crippen molar-refractivity contribution in [1.29, 1.82) is 0 Å². The van der Waals surface area contributed by atoms with E-state index in [0.717, 1.165) is 0 Å². The molecule has 5 heteroatoms. The van der Waals surface area contributed by atoms with Gasteiger partial charge in [-0.05, 0) is 0 Å². The van der Waals surface area contributed by atoms with Crippen LogP contribution in [0.15, 0.2) is 0 Å². The fraction of sp³-hybridized carbons (Fsp3) is 0. The van der Waals surface area contributed by atoms with Crippen LogP contribution in [0, 0.1) is 0 Å². The molecule has 0 aromatic carbocycles. The minimum atomic E-state index is -3.94. The molecule has 0 aliphatic heterocycles. The molecule has 0 saturated heterocycles. The zero-order chi connectivity index (χ0) is 3.58. The average Bonchev–Trinajstić information content (AvgIpc) is 0.811. The van der Waals surface area contributed by atoms with Crippen molar-refractivity contribution < 1.29 is 12.3 Å². The van der Waals surface area contributed by atoms with Crippen molar-refractivity contribution in [2.45, 2.75) is 0 Å². The van der Waals surface area contributed by atoms with Gasteiger partial charge in [-0.15, -0.1) is 0 Å². The molecular formula is AsO3Pb. The van der Waals surface area contributed by atoms with E-state index >= 15 is 0 Å². The van der Waals surface area contributed by atoms with Gasteiger partial charge in [0.1, 0.15) is 0 Å². The molecule has 0 aliphatic rings. The minimum absolute atomic E-state index is 0. The molecule has 0 N–H and O–H groups in total. The molecule has 3 nitrogen and oxygen atoms in total. The summed E-state index contributed by atoms with van der Waals surface area (Å²) in [4.78, 5) is 0. The van der Waals surface area contributed by atoms with E-state index in [0.29, 0.717) is 0 Å². The van der Waals surface area contributed by atoms with E-state index in [1.165, 1.54) is 0 Å². The molecule has 0 aliphatic carbocycles. The molecule has 0 atom stereocenters. The third kappa shape index (κ3) is 32.7. The second-order valence-electron chi connectivity index (χ2n) is 0.224. The van der Waals surface area contributed by atoms with Crippen LogP contribution in [0.2, 0.25) is 0 Å². The summed E-state index contributed by atoms with van der Waals surface area (Å²) < 4.78 is 25.7. The van der Waals surface area contributed by atoms with E-state index in [1.807, 2.05) is 0 Å². The maximum atomic E-state index is 8.56. The second-order valence-corrected chi connectivity index (χ2v) is 1.16. The van der Waals surface area contributed by atoms with Crippen LogP contribution in [0.4, 0.5) is 0 Å². The van der Waals surface area contributed by atoms with E-state index in [-0.39, 0.29) is 27.3 Å². The van der Waals surface area contributed by atoms with Crippen LogP contribution in [0.25, 0.3) is 0 Å². The Morgan fingerprint density at radius 2 is 1.00 bits per heavy atom. The Morgan fingerprint density at radius 3 is 1.00 bits per heavy atom. The first-order chi connectivity index (χ1) is 1.73. The minimum Gasteiger partial charge on any atom is 3.00 e. The standard InChI is InChI=1S/AsO3.Pb/c2-1(3)4;/q-3;+3. The summed E-state index contributed by atoms with van der Waals surface area (Å²) in [5.74, 6) is 0. The van der Waals surface area contributed by atoms with Gasteiger partial charge < -0.3 is 0 Å². The van der Waals surface area contributed by atoms with Crippen molar-refractivity contribution in [3.05, 3.63) is 0 Å². The summed E-state index contributed by atoms with van der Waals surface area (Å²) in [6.45, 7) is 0. The quantitative estimate of drug-likeness (QED) is 0.422. The Labute approximate surface area is 55.1 Å². The Balaban J connectivity index is 0. The molecule has 0 saturated carbocycles. The van der Waals surface area contributed by atoms with Crippen LogP contribution < -0.4 is 12.3 Å². The van der Waals surface area contributed by atoms with Gasteiger partial charge in [-0.3, -0.25) is 0 Å². The second kappa shape index (κ2) is 5.36. The van der Waals surface area contributed by atoms with E-state index in [4.69, 9.17) is 12.3 Å². The molecule has 0 rings (SSSR count). The van der Waals surface area contributed by atoms with E-state index < -0.39 is 15.7 Å². The Bertz CT molecular complexity index is 11.6. The average molecular weight is 330 g/mol. The van der Waals surface area contributed by atoms with Crippen LogP contribution in [-0.2, 0) is 0 Å². The summed E-state index contributed by atoms with van der Waals surface area (Å²) in [6, 6.07) is 0. The Kier molecular flexibility index (Phi) is 10.3. The zero-order valence-corrected chi connectivity index (χ0v) is 7.94. The van der Waals surface area contributed by atoms with E-state index in [2.05, 4.69) is 0 Å². The molecule has 0 aromatic heterocycles. The topological polar surface area (TPSA) is 69.2 Å².